The SMILES string of the molecule is CCOc1ccc(CC(=O)NC2CC(O)C2(C)C)cc1. The maximum Gasteiger partial charge on any atom is 0.224 e. The lowest BCUT2D eigenvalue weighted by atomic mass is 9.64. The van der Waals surface area contributed by atoms with E-state index in [0.29, 0.717) is 19.4 Å². The van der Waals surface area contributed by atoms with E-state index in [4.69, 9.17) is 4.74 Å². The van der Waals surface area contributed by atoms with Gasteiger partial charge in [0.05, 0.1) is 19.1 Å². The Balaban J connectivity index is 1.86. The molecule has 0 bridgehead atoms. The van der Waals surface area contributed by atoms with Crippen LogP contribution in [-0.2, 0) is 11.2 Å². The number of nitrogens with one attached hydrogen (secondary N) is 1. The number of ether oxygens (including phenoxy) is 1. The van der Waals surface area contributed by atoms with Crippen molar-refractivity contribution in [1.82, 2.24) is 5.32 Å². The predicted octanol–water partition coefficient (Wildman–Crippen LogP) is 1.90. The number of hydrogen-bond donors (Lipinski definition) is 2. The Morgan fingerprint density at radius 3 is 2.55 bits per heavy atom. The minimum Gasteiger partial charge on any atom is -0.494 e. The maximum absolute atomic E-state index is 12.0. The smallest absolute Gasteiger partial charge is 0.224 e. The molecule has 1 saturated carbocycles. The second-order valence-corrected chi connectivity index (χ2v) is 5.95. The molecule has 1 aliphatic carbocycles. The highest BCUT2D eigenvalue weighted by molar-refractivity contribution is 5.79. The maximum atomic E-state index is 12.0. The van der Waals surface area contributed by atoms with E-state index in [1.54, 1.807) is 0 Å². The number of aliphatic hydroxyl groups is 1. The molecule has 1 aliphatic rings. The molecule has 20 heavy (non-hydrogen) atoms. The van der Waals surface area contributed by atoms with Crippen LogP contribution in [0.1, 0.15) is 32.8 Å². The predicted molar refractivity (Wildman–Crippen MR) is 77.7 cm³/mol. The molecule has 2 rings (SSSR count). The van der Waals surface area contributed by atoms with Gasteiger partial charge in [0.25, 0.3) is 0 Å². The number of aliphatic hydroxyl groups excluding tert-OH is 1. The highest BCUT2D eigenvalue weighted by atomic mass is 16.5. The molecule has 4 heteroatoms. The second-order valence-electron chi connectivity index (χ2n) is 5.95. The molecular formula is C16H23NO3. The average Bonchev–Trinajstić information content (AvgIpc) is 2.41. The molecule has 2 atom stereocenters. The molecule has 0 spiro atoms. The van der Waals surface area contributed by atoms with Gasteiger partial charge in [0.15, 0.2) is 0 Å². The van der Waals surface area contributed by atoms with Gasteiger partial charge in [-0.25, -0.2) is 0 Å². The van der Waals surface area contributed by atoms with Crippen LogP contribution in [0.2, 0.25) is 0 Å². The van der Waals surface area contributed by atoms with Crippen molar-refractivity contribution in [2.75, 3.05) is 6.61 Å². The summed E-state index contributed by atoms with van der Waals surface area (Å²) in [4.78, 5) is 12.0. The first-order chi connectivity index (χ1) is 9.43. The number of carbonyl (C=O) groups excluding carboxylic acids is 1. The van der Waals surface area contributed by atoms with E-state index < -0.39 is 0 Å². The third kappa shape index (κ3) is 3.12. The number of benzene rings is 1. The van der Waals surface area contributed by atoms with E-state index in [0.717, 1.165) is 11.3 Å². The summed E-state index contributed by atoms with van der Waals surface area (Å²) < 4.78 is 5.37. The fourth-order valence-corrected chi connectivity index (χ4v) is 2.45. The van der Waals surface area contributed by atoms with Gasteiger partial charge in [-0.3, -0.25) is 4.79 Å². The molecular weight excluding hydrogens is 254 g/mol. The minimum absolute atomic E-state index is 0.000801. The van der Waals surface area contributed by atoms with Crippen LogP contribution < -0.4 is 10.1 Å². The Bertz CT molecular complexity index is 467. The summed E-state index contributed by atoms with van der Waals surface area (Å²) in [5.74, 6) is 0.819. The molecule has 2 unspecified atom stereocenters. The average molecular weight is 277 g/mol. The molecule has 1 amide bonds. The highest BCUT2D eigenvalue weighted by Crippen LogP contribution is 2.40. The van der Waals surface area contributed by atoms with Crippen LogP contribution in [0, 0.1) is 5.41 Å². The van der Waals surface area contributed by atoms with Crippen molar-refractivity contribution in [1.29, 1.82) is 0 Å². The van der Waals surface area contributed by atoms with Crippen LogP contribution in [0.5, 0.6) is 5.75 Å². The number of carbonyl (C=O) groups is 1. The fourth-order valence-electron chi connectivity index (χ4n) is 2.45. The molecule has 0 heterocycles. The van der Waals surface area contributed by atoms with Gasteiger partial charge in [0, 0.05) is 11.5 Å². The first-order valence-corrected chi connectivity index (χ1v) is 7.12. The molecule has 0 radical (unpaired) electrons. The Morgan fingerprint density at radius 1 is 1.40 bits per heavy atom. The quantitative estimate of drug-likeness (QED) is 0.864. The zero-order valence-electron chi connectivity index (χ0n) is 12.3. The molecule has 4 nitrogen and oxygen atoms in total. The number of hydrogen-bond acceptors (Lipinski definition) is 3. The zero-order chi connectivity index (χ0) is 14.8. The van der Waals surface area contributed by atoms with Gasteiger partial charge in [-0.15, -0.1) is 0 Å². The van der Waals surface area contributed by atoms with Gasteiger partial charge in [-0.2, -0.15) is 0 Å². The van der Waals surface area contributed by atoms with E-state index >= 15 is 0 Å². The molecule has 110 valence electrons. The van der Waals surface area contributed by atoms with Crippen LogP contribution in [0.4, 0.5) is 0 Å². The third-order valence-electron chi connectivity index (χ3n) is 4.15. The van der Waals surface area contributed by atoms with E-state index in [1.165, 1.54) is 0 Å². The molecule has 1 fully saturated rings. The van der Waals surface area contributed by atoms with Crippen molar-refractivity contribution in [3.8, 4) is 5.75 Å². The van der Waals surface area contributed by atoms with Crippen molar-refractivity contribution in [3.63, 3.8) is 0 Å². The monoisotopic (exact) mass is 277 g/mol. The van der Waals surface area contributed by atoms with Crippen molar-refractivity contribution >= 4 is 5.91 Å². The normalized spacial score (nSPS) is 23.8. The lowest BCUT2D eigenvalue weighted by molar-refractivity contribution is -0.128. The van der Waals surface area contributed by atoms with Crippen LogP contribution in [0.15, 0.2) is 24.3 Å². The van der Waals surface area contributed by atoms with Gasteiger partial charge in [-0.05, 0) is 31.0 Å². The van der Waals surface area contributed by atoms with Gasteiger partial charge < -0.3 is 15.2 Å². The summed E-state index contributed by atoms with van der Waals surface area (Å²) in [5, 5.41) is 12.7. The molecule has 0 aliphatic heterocycles. The van der Waals surface area contributed by atoms with E-state index in [2.05, 4.69) is 5.32 Å². The number of amides is 1. The molecule has 1 aromatic carbocycles. The second kappa shape index (κ2) is 5.83. The van der Waals surface area contributed by atoms with Crippen molar-refractivity contribution in [2.24, 2.45) is 5.41 Å². The summed E-state index contributed by atoms with van der Waals surface area (Å²) in [6, 6.07) is 7.64. The Morgan fingerprint density at radius 2 is 2.05 bits per heavy atom. The van der Waals surface area contributed by atoms with Crippen LogP contribution in [0.25, 0.3) is 0 Å². The van der Waals surface area contributed by atoms with Crippen LogP contribution in [-0.4, -0.2) is 29.8 Å². The lowest BCUT2D eigenvalue weighted by Gasteiger charge is -2.49. The van der Waals surface area contributed by atoms with Gasteiger partial charge in [-0.1, -0.05) is 26.0 Å². The first kappa shape index (κ1) is 14.9. The van der Waals surface area contributed by atoms with Crippen LogP contribution >= 0.6 is 0 Å². The molecule has 1 aromatic rings. The van der Waals surface area contributed by atoms with Crippen LogP contribution in [0.3, 0.4) is 0 Å². The van der Waals surface area contributed by atoms with E-state index in [1.807, 2.05) is 45.0 Å². The van der Waals surface area contributed by atoms with Gasteiger partial charge in [0.2, 0.25) is 5.91 Å². The van der Waals surface area contributed by atoms with Crippen molar-refractivity contribution in [3.05, 3.63) is 29.8 Å². The Hall–Kier alpha value is -1.55. The van der Waals surface area contributed by atoms with E-state index in [9.17, 15) is 9.90 Å². The van der Waals surface area contributed by atoms with Crippen molar-refractivity contribution in [2.45, 2.75) is 45.8 Å². The molecule has 0 saturated heterocycles. The standard InChI is InChI=1S/C16H23NO3/c1-4-20-12-7-5-11(6-8-12)9-15(19)17-13-10-14(18)16(13,2)3/h5-8,13-14,18H,4,9-10H2,1-3H3,(H,17,19). The lowest BCUT2D eigenvalue weighted by Crippen LogP contribution is -2.61. The summed E-state index contributed by atoms with van der Waals surface area (Å²) >= 11 is 0. The minimum atomic E-state index is -0.321. The number of rotatable bonds is 5. The summed E-state index contributed by atoms with van der Waals surface area (Å²) in [6.45, 7) is 6.53. The molecule has 0 aromatic heterocycles. The summed E-state index contributed by atoms with van der Waals surface area (Å²) in [6.07, 6.45) is 0.676. The largest absolute Gasteiger partial charge is 0.494 e. The topological polar surface area (TPSA) is 58.6 Å². The fraction of sp³-hybridized carbons (Fsp3) is 0.562. The Kier molecular flexibility index (Phi) is 4.33. The van der Waals surface area contributed by atoms with E-state index in [-0.39, 0.29) is 23.5 Å². The summed E-state index contributed by atoms with van der Waals surface area (Å²) in [7, 11) is 0. The zero-order valence-corrected chi connectivity index (χ0v) is 12.3. The van der Waals surface area contributed by atoms with Gasteiger partial charge in [0.1, 0.15) is 5.75 Å². The molecule has 2 N–H and O–H groups in total. The highest BCUT2D eigenvalue weighted by Gasteiger charge is 2.47. The third-order valence-corrected chi connectivity index (χ3v) is 4.15. The summed E-state index contributed by atoms with van der Waals surface area (Å²) in [5.41, 5.74) is 0.734. The first-order valence-electron chi connectivity index (χ1n) is 7.12. The van der Waals surface area contributed by atoms with Crippen molar-refractivity contribution < 1.29 is 14.6 Å². The Labute approximate surface area is 120 Å². The van der Waals surface area contributed by atoms with Gasteiger partial charge >= 0.3 is 0 Å².